The molecule has 0 unspecified atom stereocenters. The summed E-state index contributed by atoms with van der Waals surface area (Å²) in [5.74, 6) is 0. The van der Waals surface area contributed by atoms with Gasteiger partial charge in [-0.3, -0.25) is 0 Å². The zero-order chi connectivity index (χ0) is 11.8. The Kier molecular flexibility index (Phi) is 7.96. The monoisotopic (exact) mass is 220 g/mol. The van der Waals surface area contributed by atoms with Crippen LogP contribution in [0.1, 0.15) is 34.1 Å². The predicted octanol–water partition coefficient (Wildman–Crippen LogP) is 0.948. The minimum atomic E-state index is -0.442. The lowest BCUT2D eigenvalue weighted by molar-refractivity contribution is -0.0453. The molecule has 0 amide bonds. The van der Waals surface area contributed by atoms with Crippen molar-refractivity contribution in [3.05, 3.63) is 0 Å². The predicted molar refractivity (Wildman–Crippen MR) is 58.8 cm³/mol. The molecule has 0 aliphatic rings. The maximum absolute atomic E-state index is 9.15. The molecule has 4 atom stereocenters. The van der Waals surface area contributed by atoms with E-state index in [9.17, 15) is 0 Å². The fourth-order valence-electron chi connectivity index (χ4n) is 0.876. The van der Waals surface area contributed by atoms with E-state index in [-0.39, 0.29) is 12.2 Å². The Morgan fingerprint density at radius 2 is 1.13 bits per heavy atom. The van der Waals surface area contributed by atoms with Gasteiger partial charge < -0.3 is 19.7 Å². The summed E-state index contributed by atoms with van der Waals surface area (Å²) in [6.45, 7) is 8.22. The minimum absolute atomic E-state index is 0.140. The number of aliphatic hydroxyl groups excluding tert-OH is 2. The van der Waals surface area contributed by atoms with Crippen molar-refractivity contribution >= 4 is 0 Å². The van der Waals surface area contributed by atoms with Crippen molar-refractivity contribution in [2.45, 2.75) is 58.5 Å². The molecule has 0 aromatic rings. The van der Waals surface area contributed by atoms with Crippen LogP contribution in [0.5, 0.6) is 0 Å². The van der Waals surface area contributed by atoms with Crippen LogP contribution >= 0.6 is 0 Å². The summed E-state index contributed by atoms with van der Waals surface area (Å²) in [5.41, 5.74) is 0. The zero-order valence-corrected chi connectivity index (χ0v) is 10.1. The van der Waals surface area contributed by atoms with Crippen LogP contribution in [0.15, 0.2) is 0 Å². The smallest absolute Gasteiger partial charge is 0.0803 e. The van der Waals surface area contributed by atoms with Gasteiger partial charge in [0.05, 0.1) is 24.4 Å². The molecule has 0 radical (unpaired) electrons. The largest absolute Gasteiger partial charge is 0.391 e. The lowest BCUT2D eigenvalue weighted by Crippen LogP contribution is -2.25. The highest BCUT2D eigenvalue weighted by molar-refractivity contribution is 4.58. The number of ether oxygens (including phenoxy) is 2. The van der Waals surface area contributed by atoms with Crippen LogP contribution in [0.2, 0.25) is 0 Å². The van der Waals surface area contributed by atoms with Crippen molar-refractivity contribution in [1.82, 2.24) is 0 Å². The molecule has 0 aromatic carbocycles. The molecule has 0 aromatic heterocycles. The van der Waals surface area contributed by atoms with Crippen LogP contribution in [0, 0.1) is 0 Å². The summed E-state index contributed by atoms with van der Waals surface area (Å²) in [7, 11) is 0. The van der Waals surface area contributed by atoms with E-state index in [1.165, 1.54) is 0 Å². The average Bonchev–Trinajstić information content (AvgIpc) is 2.16. The van der Waals surface area contributed by atoms with Crippen molar-refractivity contribution in [1.29, 1.82) is 0 Å². The van der Waals surface area contributed by atoms with E-state index in [0.29, 0.717) is 13.2 Å². The van der Waals surface area contributed by atoms with E-state index in [4.69, 9.17) is 19.7 Å². The molecular formula is C11H24O4. The molecule has 2 N–H and O–H groups in total. The van der Waals surface area contributed by atoms with Gasteiger partial charge in [-0.1, -0.05) is 0 Å². The molecular weight excluding hydrogens is 196 g/mol. The van der Waals surface area contributed by atoms with Crippen molar-refractivity contribution < 1.29 is 19.7 Å². The lowest BCUT2D eigenvalue weighted by atomic mass is 10.2. The fourth-order valence-corrected chi connectivity index (χ4v) is 0.876. The Hall–Kier alpha value is -0.160. The number of hydrogen-bond donors (Lipinski definition) is 2. The van der Waals surface area contributed by atoms with Crippen LogP contribution in [0.3, 0.4) is 0 Å². The maximum Gasteiger partial charge on any atom is 0.0803 e. The highest BCUT2D eigenvalue weighted by Gasteiger charge is 2.10. The molecule has 0 saturated heterocycles. The van der Waals surface area contributed by atoms with E-state index in [1.807, 2.05) is 13.8 Å². The van der Waals surface area contributed by atoms with Gasteiger partial charge in [0.25, 0.3) is 0 Å². The van der Waals surface area contributed by atoms with Crippen molar-refractivity contribution in [3.8, 4) is 0 Å². The summed E-state index contributed by atoms with van der Waals surface area (Å²) in [6.07, 6.45) is -0.392. The number of hydrogen-bond acceptors (Lipinski definition) is 4. The average molecular weight is 220 g/mol. The summed E-state index contributed by atoms with van der Waals surface area (Å²) < 4.78 is 10.7. The Balaban J connectivity index is 3.32. The van der Waals surface area contributed by atoms with E-state index in [2.05, 4.69) is 0 Å². The molecule has 0 aliphatic heterocycles. The number of rotatable bonds is 8. The molecule has 0 rings (SSSR count). The third-order valence-corrected chi connectivity index (χ3v) is 2.41. The van der Waals surface area contributed by atoms with Crippen molar-refractivity contribution in [2.24, 2.45) is 0 Å². The van der Waals surface area contributed by atoms with Crippen LogP contribution < -0.4 is 0 Å². The Morgan fingerprint density at radius 3 is 1.40 bits per heavy atom. The summed E-state index contributed by atoms with van der Waals surface area (Å²) in [4.78, 5) is 0. The summed E-state index contributed by atoms with van der Waals surface area (Å²) in [6, 6.07) is 0. The van der Waals surface area contributed by atoms with Gasteiger partial charge in [0.2, 0.25) is 0 Å². The van der Waals surface area contributed by atoms with Gasteiger partial charge >= 0.3 is 0 Å². The molecule has 0 saturated carbocycles. The maximum atomic E-state index is 9.15. The van der Waals surface area contributed by atoms with Gasteiger partial charge in [-0.25, -0.2) is 0 Å². The van der Waals surface area contributed by atoms with Crippen LogP contribution in [-0.2, 0) is 9.47 Å². The second kappa shape index (κ2) is 8.05. The van der Waals surface area contributed by atoms with E-state index in [1.54, 1.807) is 13.8 Å². The first-order valence-corrected chi connectivity index (χ1v) is 5.54. The lowest BCUT2D eigenvalue weighted by Gasteiger charge is -2.17. The van der Waals surface area contributed by atoms with Gasteiger partial charge in [-0.2, -0.15) is 0 Å². The number of aliphatic hydroxyl groups is 2. The molecule has 4 nitrogen and oxygen atoms in total. The SMILES string of the molecule is C[C@H](O)[C@H](C)OCCCO[C@@H](C)[C@H](C)O. The zero-order valence-electron chi connectivity index (χ0n) is 10.1. The molecule has 0 fully saturated rings. The second-order valence-corrected chi connectivity index (χ2v) is 3.99. The van der Waals surface area contributed by atoms with E-state index < -0.39 is 12.2 Å². The molecule has 92 valence electrons. The third-order valence-electron chi connectivity index (χ3n) is 2.41. The quantitative estimate of drug-likeness (QED) is 0.598. The van der Waals surface area contributed by atoms with Crippen LogP contribution in [0.4, 0.5) is 0 Å². The minimum Gasteiger partial charge on any atom is -0.391 e. The van der Waals surface area contributed by atoms with E-state index >= 15 is 0 Å². The van der Waals surface area contributed by atoms with Gasteiger partial charge in [-0.15, -0.1) is 0 Å². The first kappa shape index (κ1) is 14.8. The van der Waals surface area contributed by atoms with Crippen LogP contribution in [-0.4, -0.2) is 47.8 Å². The van der Waals surface area contributed by atoms with E-state index in [0.717, 1.165) is 6.42 Å². The van der Waals surface area contributed by atoms with Crippen molar-refractivity contribution in [3.63, 3.8) is 0 Å². The topological polar surface area (TPSA) is 58.9 Å². The second-order valence-electron chi connectivity index (χ2n) is 3.99. The molecule has 0 bridgehead atoms. The molecule has 0 aliphatic carbocycles. The third kappa shape index (κ3) is 7.73. The summed E-state index contributed by atoms with van der Waals surface area (Å²) >= 11 is 0. The van der Waals surface area contributed by atoms with Crippen LogP contribution in [0.25, 0.3) is 0 Å². The highest BCUT2D eigenvalue weighted by Crippen LogP contribution is 2.01. The van der Waals surface area contributed by atoms with Gasteiger partial charge in [0.15, 0.2) is 0 Å². The Bertz CT molecular complexity index is 132. The van der Waals surface area contributed by atoms with Gasteiger partial charge in [0.1, 0.15) is 0 Å². The highest BCUT2D eigenvalue weighted by atomic mass is 16.5. The molecule has 15 heavy (non-hydrogen) atoms. The Morgan fingerprint density at radius 1 is 0.800 bits per heavy atom. The standard InChI is InChI=1S/C11H24O4/c1-8(12)10(3)14-6-5-7-15-11(4)9(2)13/h8-13H,5-7H2,1-4H3/t8-,9-,10-,11-/m0/s1. The normalized spacial score (nSPS) is 19.6. The summed E-state index contributed by atoms with van der Waals surface area (Å²) in [5, 5.41) is 18.3. The molecule has 0 spiro atoms. The van der Waals surface area contributed by atoms with Gasteiger partial charge in [-0.05, 0) is 34.1 Å². The first-order valence-electron chi connectivity index (χ1n) is 5.54. The molecule has 4 heteroatoms. The first-order chi connectivity index (χ1) is 6.95. The Labute approximate surface area is 92.2 Å². The van der Waals surface area contributed by atoms with Crippen molar-refractivity contribution in [2.75, 3.05) is 13.2 Å². The molecule has 0 heterocycles. The van der Waals surface area contributed by atoms with Gasteiger partial charge in [0, 0.05) is 13.2 Å². The fraction of sp³-hybridized carbons (Fsp3) is 1.00.